The Morgan fingerprint density at radius 2 is 2.07 bits per heavy atom. The molecular formula is C10H17NO4. The minimum Gasteiger partial charge on any atom is -0.480 e. The number of nitrogens with zero attached hydrogens (tertiary/aromatic N) is 1. The Morgan fingerprint density at radius 1 is 1.47 bits per heavy atom. The van der Waals surface area contributed by atoms with Gasteiger partial charge in [0.25, 0.3) is 5.91 Å². The van der Waals surface area contributed by atoms with Gasteiger partial charge >= 0.3 is 5.97 Å². The summed E-state index contributed by atoms with van der Waals surface area (Å²) in [6, 6.07) is -0.808. The molecule has 0 aliphatic carbocycles. The lowest BCUT2D eigenvalue weighted by Gasteiger charge is -2.24. The minimum absolute atomic E-state index is 0.0903. The third-order valence-corrected chi connectivity index (χ3v) is 2.79. The van der Waals surface area contributed by atoms with Crippen molar-refractivity contribution in [3.63, 3.8) is 0 Å². The van der Waals surface area contributed by atoms with E-state index < -0.39 is 18.1 Å². The van der Waals surface area contributed by atoms with E-state index in [2.05, 4.69) is 0 Å². The van der Waals surface area contributed by atoms with E-state index in [0.717, 1.165) is 6.42 Å². The lowest BCUT2D eigenvalue weighted by atomic mass is 10.1. The molecule has 0 saturated carbocycles. The largest absolute Gasteiger partial charge is 0.480 e. The van der Waals surface area contributed by atoms with Gasteiger partial charge in [0.1, 0.15) is 12.1 Å². The van der Waals surface area contributed by atoms with E-state index in [0.29, 0.717) is 6.42 Å². The van der Waals surface area contributed by atoms with Crippen LogP contribution >= 0.6 is 0 Å². The molecule has 1 aliphatic heterocycles. The van der Waals surface area contributed by atoms with Gasteiger partial charge in [0.15, 0.2) is 0 Å². The summed E-state index contributed by atoms with van der Waals surface area (Å²) in [5.41, 5.74) is 0. The van der Waals surface area contributed by atoms with Crippen LogP contribution in [-0.2, 0) is 14.3 Å². The van der Waals surface area contributed by atoms with E-state index in [1.165, 1.54) is 18.9 Å². The van der Waals surface area contributed by atoms with Crippen LogP contribution in [0.5, 0.6) is 0 Å². The van der Waals surface area contributed by atoms with Crippen LogP contribution in [0.15, 0.2) is 0 Å². The number of carboxylic acid groups (broad SMARTS) is 1. The summed E-state index contributed by atoms with van der Waals surface area (Å²) < 4.78 is 5.39. The maximum Gasteiger partial charge on any atom is 0.326 e. The number of carbonyl (C=O) groups is 2. The Kier molecular flexibility index (Phi) is 3.68. The van der Waals surface area contributed by atoms with Crippen molar-refractivity contribution in [2.45, 2.75) is 44.9 Å². The number of carbonyl (C=O) groups excluding carboxylic acids is 1. The van der Waals surface area contributed by atoms with Crippen LogP contribution in [0, 0.1) is 0 Å². The molecule has 1 aliphatic rings. The molecule has 1 heterocycles. The number of carboxylic acids is 1. The number of likely N-dealkylation sites (N-methyl/N-ethyl adjacent to an activating group) is 1. The fraction of sp³-hybridized carbons (Fsp3) is 0.800. The third kappa shape index (κ3) is 2.68. The van der Waals surface area contributed by atoms with Gasteiger partial charge < -0.3 is 14.7 Å². The van der Waals surface area contributed by atoms with Crippen LogP contribution in [0.25, 0.3) is 0 Å². The Bertz CT molecular complexity index is 266. The summed E-state index contributed by atoms with van der Waals surface area (Å²) in [4.78, 5) is 23.7. The molecule has 1 saturated heterocycles. The highest BCUT2D eigenvalue weighted by atomic mass is 16.5. The Balaban J connectivity index is 2.56. The summed E-state index contributed by atoms with van der Waals surface area (Å²) in [5.74, 6) is -1.24. The highest BCUT2D eigenvalue weighted by Crippen LogP contribution is 2.21. The second kappa shape index (κ2) is 4.61. The van der Waals surface area contributed by atoms with Gasteiger partial charge in [-0.3, -0.25) is 4.79 Å². The Hall–Kier alpha value is -1.10. The fourth-order valence-corrected chi connectivity index (χ4v) is 1.57. The monoisotopic (exact) mass is 215 g/mol. The van der Waals surface area contributed by atoms with E-state index in [4.69, 9.17) is 9.84 Å². The summed E-state index contributed by atoms with van der Waals surface area (Å²) >= 11 is 0. The quantitative estimate of drug-likeness (QED) is 0.743. The normalized spacial score (nSPS) is 27.4. The van der Waals surface area contributed by atoms with Gasteiger partial charge in [-0.05, 0) is 26.7 Å². The van der Waals surface area contributed by atoms with Crippen molar-refractivity contribution in [3.8, 4) is 0 Å². The van der Waals surface area contributed by atoms with Crippen molar-refractivity contribution in [3.05, 3.63) is 0 Å². The van der Waals surface area contributed by atoms with Gasteiger partial charge in [0.2, 0.25) is 0 Å². The molecule has 5 heteroatoms. The molecule has 0 radical (unpaired) electrons. The van der Waals surface area contributed by atoms with Crippen molar-refractivity contribution < 1.29 is 19.4 Å². The summed E-state index contributed by atoms with van der Waals surface area (Å²) in [5, 5.41) is 8.76. The molecule has 86 valence electrons. The van der Waals surface area contributed by atoms with Crippen molar-refractivity contribution in [1.29, 1.82) is 0 Å². The van der Waals surface area contributed by atoms with Gasteiger partial charge in [0.05, 0.1) is 6.10 Å². The number of amides is 1. The molecule has 0 bridgehead atoms. The molecular weight excluding hydrogens is 198 g/mol. The van der Waals surface area contributed by atoms with Crippen LogP contribution in [-0.4, -0.2) is 47.2 Å². The molecule has 1 amide bonds. The van der Waals surface area contributed by atoms with E-state index in [9.17, 15) is 9.59 Å². The second-order valence-electron chi connectivity index (χ2n) is 3.98. The zero-order valence-corrected chi connectivity index (χ0v) is 9.27. The highest BCUT2D eigenvalue weighted by molar-refractivity contribution is 5.86. The van der Waals surface area contributed by atoms with Crippen LogP contribution < -0.4 is 0 Å². The lowest BCUT2D eigenvalue weighted by molar-refractivity contribution is -0.153. The third-order valence-electron chi connectivity index (χ3n) is 2.79. The summed E-state index contributed by atoms with van der Waals surface area (Å²) in [6.45, 7) is 3.40. The number of rotatable bonds is 3. The molecule has 5 nitrogen and oxygen atoms in total. The molecule has 15 heavy (non-hydrogen) atoms. The molecule has 1 fully saturated rings. The zero-order chi connectivity index (χ0) is 11.6. The lowest BCUT2D eigenvalue weighted by Crippen LogP contribution is -2.45. The van der Waals surface area contributed by atoms with Gasteiger partial charge in [-0.25, -0.2) is 4.79 Å². The average Bonchev–Trinajstić information content (AvgIpc) is 2.61. The molecule has 0 spiro atoms. The standard InChI is InChI=1S/C10H17NO4/c1-6-4-5-8(15-6)9(12)11(3)7(2)10(13)14/h6-8H,4-5H2,1-3H3,(H,13,14)/t6-,7?,8-/m0/s1. The first-order valence-corrected chi connectivity index (χ1v) is 5.08. The van der Waals surface area contributed by atoms with E-state index in [-0.39, 0.29) is 12.0 Å². The second-order valence-corrected chi connectivity index (χ2v) is 3.98. The summed E-state index contributed by atoms with van der Waals surface area (Å²) in [6.07, 6.45) is 1.15. The molecule has 1 rings (SSSR count). The molecule has 0 aromatic carbocycles. The topological polar surface area (TPSA) is 66.8 Å². The predicted molar refractivity (Wildman–Crippen MR) is 53.4 cm³/mol. The van der Waals surface area contributed by atoms with E-state index in [1.54, 1.807) is 0 Å². The molecule has 0 aromatic heterocycles. The average molecular weight is 215 g/mol. The first-order chi connectivity index (χ1) is 6.93. The van der Waals surface area contributed by atoms with Crippen LogP contribution in [0.4, 0.5) is 0 Å². The minimum atomic E-state index is -1.00. The summed E-state index contributed by atoms with van der Waals surface area (Å²) in [7, 11) is 1.49. The number of ether oxygens (including phenoxy) is 1. The zero-order valence-electron chi connectivity index (χ0n) is 9.27. The Morgan fingerprint density at radius 3 is 2.47 bits per heavy atom. The van der Waals surface area contributed by atoms with Crippen LogP contribution in [0.3, 0.4) is 0 Å². The van der Waals surface area contributed by atoms with Crippen LogP contribution in [0.2, 0.25) is 0 Å². The van der Waals surface area contributed by atoms with Gasteiger partial charge in [-0.15, -0.1) is 0 Å². The maximum absolute atomic E-state index is 11.8. The van der Waals surface area contributed by atoms with Crippen molar-refractivity contribution in [1.82, 2.24) is 4.90 Å². The SMILES string of the molecule is CC(C(=O)O)N(C)C(=O)[C@@H]1CC[C@H](C)O1. The number of aliphatic carboxylic acids is 1. The van der Waals surface area contributed by atoms with Gasteiger partial charge in [0, 0.05) is 7.05 Å². The predicted octanol–water partition coefficient (Wildman–Crippen LogP) is 0.485. The molecule has 3 atom stereocenters. The number of hydrogen-bond acceptors (Lipinski definition) is 3. The first kappa shape index (κ1) is 12.0. The number of hydrogen-bond donors (Lipinski definition) is 1. The molecule has 0 aromatic rings. The van der Waals surface area contributed by atoms with E-state index in [1.807, 2.05) is 6.92 Å². The molecule has 1 unspecified atom stereocenters. The first-order valence-electron chi connectivity index (χ1n) is 5.08. The van der Waals surface area contributed by atoms with Crippen LogP contribution in [0.1, 0.15) is 26.7 Å². The smallest absolute Gasteiger partial charge is 0.326 e. The maximum atomic E-state index is 11.8. The fourth-order valence-electron chi connectivity index (χ4n) is 1.57. The van der Waals surface area contributed by atoms with Gasteiger partial charge in [-0.1, -0.05) is 0 Å². The van der Waals surface area contributed by atoms with Crippen molar-refractivity contribution >= 4 is 11.9 Å². The highest BCUT2D eigenvalue weighted by Gasteiger charge is 2.33. The van der Waals surface area contributed by atoms with Gasteiger partial charge in [-0.2, -0.15) is 0 Å². The van der Waals surface area contributed by atoms with E-state index >= 15 is 0 Å². The van der Waals surface area contributed by atoms with Crippen molar-refractivity contribution in [2.75, 3.05) is 7.05 Å². The molecule has 1 N–H and O–H groups in total. The Labute approximate surface area is 89.0 Å². The van der Waals surface area contributed by atoms with Crippen molar-refractivity contribution in [2.24, 2.45) is 0 Å².